The second kappa shape index (κ2) is 8.26. The lowest BCUT2D eigenvalue weighted by atomic mass is 10.1. The van der Waals surface area contributed by atoms with Crippen molar-refractivity contribution in [1.29, 1.82) is 0 Å². The molecule has 0 bridgehead atoms. The molecule has 8 heteroatoms. The van der Waals surface area contributed by atoms with Gasteiger partial charge in [0.1, 0.15) is 22.4 Å². The zero-order chi connectivity index (χ0) is 21.3. The molecule has 0 saturated carbocycles. The fraction of sp³-hybridized carbons (Fsp3) is 0. The lowest BCUT2D eigenvalue weighted by molar-refractivity contribution is 0.468. The molecule has 1 aromatic heterocycles. The molecule has 0 amide bonds. The van der Waals surface area contributed by atoms with Gasteiger partial charge in [-0.25, -0.2) is 8.78 Å². The molecule has 0 aliphatic rings. The lowest BCUT2D eigenvalue weighted by Gasteiger charge is -2.11. The number of hydrogen-bond acceptors (Lipinski definition) is 3. The predicted octanol–water partition coefficient (Wildman–Crippen LogP) is 6.28. The second-order valence-corrected chi connectivity index (χ2v) is 7.11. The van der Waals surface area contributed by atoms with Crippen LogP contribution in [-0.2, 0) is 0 Å². The molecule has 4 nitrogen and oxygen atoms in total. The van der Waals surface area contributed by atoms with Crippen molar-refractivity contribution in [3.05, 3.63) is 105 Å². The summed E-state index contributed by atoms with van der Waals surface area (Å²) in [5.74, 6) is -1.12. The van der Waals surface area contributed by atoms with Crippen molar-refractivity contribution >= 4 is 23.2 Å². The van der Waals surface area contributed by atoms with Crippen LogP contribution in [0.15, 0.2) is 77.7 Å². The number of halogens is 4. The van der Waals surface area contributed by atoms with Crippen molar-refractivity contribution in [3.63, 3.8) is 0 Å². The van der Waals surface area contributed by atoms with E-state index in [0.29, 0.717) is 22.0 Å². The van der Waals surface area contributed by atoms with E-state index < -0.39 is 17.2 Å². The maximum absolute atomic E-state index is 14.0. The summed E-state index contributed by atoms with van der Waals surface area (Å²) in [6.45, 7) is 0. The molecule has 0 saturated heterocycles. The van der Waals surface area contributed by atoms with Gasteiger partial charge in [0, 0.05) is 16.7 Å². The quantitative estimate of drug-likeness (QED) is 0.372. The Morgan fingerprint density at radius 1 is 0.900 bits per heavy atom. The molecule has 0 N–H and O–H groups in total. The number of benzene rings is 3. The zero-order valence-corrected chi connectivity index (χ0v) is 16.7. The molecule has 1 heterocycles. The topological polar surface area (TPSA) is 44.1 Å². The number of ether oxygens (including phenoxy) is 1. The summed E-state index contributed by atoms with van der Waals surface area (Å²) in [6, 6.07) is 16.2. The molecule has 0 aliphatic heterocycles. The molecular weight excluding hydrogens is 433 g/mol. The van der Waals surface area contributed by atoms with Gasteiger partial charge in [-0.05, 0) is 54.1 Å². The summed E-state index contributed by atoms with van der Waals surface area (Å²) < 4.78 is 33.9. The SMILES string of the molecule is O=c1c(Oc2ccc(-c3ccc(F)cc3F)cc2)c(Cl)cnn1-c1ccc(Cl)cc1. The van der Waals surface area contributed by atoms with E-state index in [1.807, 2.05) is 0 Å². The minimum atomic E-state index is -0.674. The third-order valence-electron chi connectivity index (χ3n) is 4.28. The molecule has 4 rings (SSSR count). The van der Waals surface area contributed by atoms with E-state index in [-0.39, 0.29) is 16.3 Å². The second-order valence-electron chi connectivity index (χ2n) is 6.27. The van der Waals surface area contributed by atoms with Crippen molar-refractivity contribution < 1.29 is 13.5 Å². The van der Waals surface area contributed by atoms with Crippen LogP contribution in [0.5, 0.6) is 11.5 Å². The molecule has 30 heavy (non-hydrogen) atoms. The first-order chi connectivity index (χ1) is 14.4. The molecule has 3 aromatic carbocycles. The standard InChI is InChI=1S/C22H12Cl2F2N2O2/c23-14-3-6-16(7-4-14)28-22(29)21(19(24)12-27-28)30-17-8-1-13(2-9-17)18-10-5-15(25)11-20(18)26/h1-12H. The van der Waals surface area contributed by atoms with E-state index in [1.165, 1.54) is 18.3 Å². The van der Waals surface area contributed by atoms with Crippen LogP contribution in [0.1, 0.15) is 0 Å². The number of nitrogens with zero attached hydrogens (tertiary/aromatic N) is 2. The molecule has 0 aliphatic carbocycles. The van der Waals surface area contributed by atoms with Crippen LogP contribution in [0.4, 0.5) is 8.78 Å². The van der Waals surface area contributed by atoms with Gasteiger partial charge in [0.05, 0.1) is 11.9 Å². The Balaban J connectivity index is 1.65. The van der Waals surface area contributed by atoms with E-state index in [1.54, 1.807) is 48.5 Å². The van der Waals surface area contributed by atoms with E-state index in [4.69, 9.17) is 27.9 Å². The Morgan fingerprint density at radius 2 is 1.60 bits per heavy atom. The van der Waals surface area contributed by atoms with Crippen LogP contribution < -0.4 is 10.3 Å². The molecule has 150 valence electrons. The number of rotatable bonds is 4. The van der Waals surface area contributed by atoms with E-state index in [9.17, 15) is 13.6 Å². The lowest BCUT2D eigenvalue weighted by Crippen LogP contribution is -2.22. The summed E-state index contributed by atoms with van der Waals surface area (Å²) in [5.41, 5.74) is 0.709. The first-order valence-corrected chi connectivity index (χ1v) is 9.45. The Bertz CT molecular complexity index is 1270. The fourth-order valence-corrected chi connectivity index (χ4v) is 3.11. The Hall–Kier alpha value is -3.22. The summed E-state index contributed by atoms with van der Waals surface area (Å²) in [5, 5.41) is 4.59. The largest absolute Gasteiger partial charge is 0.450 e. The first kappa shape index (κ1) is 20.1. The summed E-state index contributed by atoms with van der Waals surface area (Å²) in [6.07, 6.45) is 1.30. The zero-order valence-electron chi connectivity index (χ0n) is 15.2. The van der Waals surface area contributed by atoms with Crippen LogP contribution in [-0.4, -0.2) is 9.78 Å². The third kappa shape index (κ3) is 4.06. The van der Waals surface area contributed by atoms with Crippen molar-refractivity contribution in [2.75, 3.05) is 0 Å². The summed E-state index contributed by atoms with van der Waals surface area (Å²) in [4.78, 5) is 12.8. The highest BCUT2D eigenvalue weighted by Gasteiger charge is 2.14. The van der Waals surface area contributed by atoms with Gasteiger partial charge in [0.2, 0.25) is 5.75 Å². The molecule has 0 radical (unpaired) electrons. The van der Waals surface area contributed by atoms with E-state index in [2.05, 4.69) is 5.10 Å². The maximum atomic E-state index is 14.0. The smallest absolute Gasteiger partial charge is 0.316 e. The van der Waals surface area contributed by atoms with Gasteiger partial charge in [0.15, 0.2) is 0 Å². The fourth-order valence-electron chi connectivity index (χ4n) is 2.82. The molecule has 0 fully saturated rings. The van der Waals surface area contributed by atoms with Crippen molar-refractivity contribution in [2.24, 2.45) is 0 Å². The highest BCUT2D eigenvalue weighted by molar-refractivity contribution is 6.31. The Kier molecular flexibility index (Phi) is 5.53. The van der Waals surface area contributed by atoms with Gasteiger partial charge >= 0.3 is 5.56 Å². The van der Waals surface area contributed by atoms with Crippen LogP contribution >= 0.6 is 23.2 Å². The van der Waals surface area contributed by atoms with E-state index in [0.717, 1.165) is 10.7 Å². The molecule has 0 unspecified atom stereocenters. The monoisotopic (exact) mass is 444 g/mol. The minimum Gasteiger partial charge on any atom is -0.450 e. The van der Waals surface area contributed by atoms with Gasteiger partial charge in [-0.2, -0.15) is 9.78 Å². The Labute approximate surface area is 179 Å². The van der Waals surface area contributed by atoms with Crippen molar-refractivity contribution in [1.82, 2.24) is 9.78 Å². The van der Waals surface area contributed by atoms with Crippen molar-refractivity contribution in [3.8, 4) is 28.3 Å². The molecule has 0 spiro atoms. The van der Waals surface area contributed by atoms with Gasteiger partial charge in [0.25, 0.3) is 0 Å². The van der Waals surface area contributed by atoms with Crippen LogP contribution in [0.25, 0.3) is 16.8 Å². The van der Waals surface area contributed by atoms with Crippen LogP contribution in [0.2, 0.25) is 10.0 Å². The van der Waals surface area contributed by atoms with Gasteiger partial charge in [-0.15, -0.1) is 0 Å². The minimum absolute atomic E-state index is 0.0406. The van der Waals surface area contributed by atoms with Gasteiger partial charge < -0.3 is 4.74 Å². The highest BCUT2D eigenvalue weighted by Crippen LogP contribution is 2.29. The number of aromatic nitrogens is 2. The average molecular weight is 445 g/mol. The highest BCUT2D eigenvalue weighted by atomic mass is 35.5. The molecular formula is C22H12Cl2F2N2O2. The Morgan fingerprint density at radius 3 is 2.27 bits per heavy atom. The predicted molar refractivity (Wildman–Crippen MR) is 112 cm³/mol. The summed E-state index contributed by atoms with van der Waals surface area (Å²) in [7, 11) is 0. The molecule has 0 atom stereocenters. The van der Waals surface area contributed by atoms with Crippen LogP contribution in [0, 0.1) is 11.6 Å². The third-order valence-corrected chi connectivity index (χ3v) is 4.80. The maximum Gasteiger partial charge on any atom is 0.316 e. The first-order valence-electron chi connectivity index (χ1n) is 8.69. The van der Waals surface area contributed by atoms with E-state index >= 15 is 0 Å². The normalized spacial score (nSPS) is 10.8. The van der Waals surface area contributed by atoms with Gasteiger partial charge in [-0.3, -0.25) is 4.79 Å². The number of hydrogen-bond donors (Lipinski definition) is 0. The van der Waals surface area contributed by atoms with Crippen LogP contribution in [0.3, 0.4) is 0 Å². The average Bonchev–Trinajstić information content (AvgIpc) is 2.73. The summed E-state index contributed by atoms with van der Waals surface area (Å²) >= 11 is 12.0. The van der Waals surface area contributed by atoms with Crippen molar-refractivity contribution in [2.45, 2.75) is 0 Å². The molecule has 4 aromatic rings. The van der Waals surface area contributed by atoms with Gasteiger partial charge in [-0.1, -0.05) is 35.3 Å².